The third-order valence-corrected chi connectivity index (χ3v) is 6.11. The highest BCUT2D eigenvalue weighted by Gasteiger charge is 2.29. The minimum atomic E-state index is -0.327. The molecule has 0 saturated heterocycles. The highest BCUT2D eigenvalue weighted by atomic mass is 16.6. The summed E-state index contributed by atoms with van der Waals surface area (Å²) in [7, 11) is 0. The van der Waals surface area contributed by atoms with E-state index in [9.17, 15) is 9.59 Å². The summed E-state index contributed by atoms with van der Waals surface area (Å²) in [4.78, 5) is 25.6. The van der Waals surface area contributed by atoms with Crippen LogP contribution in [-0.2, 0) is 19.1 Å². The van der Waals surface area contributed by atoms with Crippen molar-refractivity contribution in [1.82, 2.24) is 0 Å². The van der Waals surface area contributed by atoms with Gasteiger partial charge >= 0.3 is 11.9 Å². The maximum Gasteiger partial charge on any atom is 0.309 e. The van der Waals surface area contributed by atoms with Crippen molar-refractivity contribution >= 4 is 11.9 Å². The Morgan fingerprint density at radius 2 is 1.20 bits per heavy atom. The second kappa shape index (κ2) is 18.7. The lowest BCUT2D eigenvalue weighted by atomic mass is 9.91. The van der Waals surface area contributed by atoms with Gasteiger partial charge in [0.15, 0.2) is 0 Å². The zero-order chi connectivity index (χ0) is 22.8. The predicted octanol–water partition coefficient (Wildman–Crippen LogP) is 7.48. The van der Waals surface area contributed by atoms with Crippen LogP contribution in [0.1, 0.15) is 125 Å². The second-order valence-electron chi connectivity index (χ2n) is 8.82. The Bertz CT molecular complexity index is 435. The Morgan fingerprint density at radius 3 is 1.73 bits per heavy atom. The molecule has 0 heterocycles. The fourth-order valence-electron chi connectivity index (χ4n) is 4.16. The summed E-state index contributed by atoms with van der Waals surface area (Å²) in [6, 6.07) is 0. The number of esters is 2. The molecule has 0 saturated carbocycles. The van der Waals surface area contributed by atoms with Crippen molar-refractivity contribution in [2.45, 2.75) is 131 Å². The number of rotatable bonds is 19. The van der Waals surface area contributed by atoms with Gasteiger partial charge < -0.3 is 9.47 Å². The number of ether oxygens (including phenoxy) is 2. The Balaban J connectivity index is 5.24. The van der Waals surface area contributed by atoms with Crippen LogP contribution in [-0.4, -0.2) is 24.6 Å². The third-order valence-electron chi connectivity index (χ3n) is 6.11. The van der Waals surface area contributed by atoms with E-state index in [2.05, 4.69) is 34.6 Å². The molecular formula is C26H50O4. The van der Waals surface area contributed by atoms with Crippen LogP contribution in [0.4, 0.5) is 0 Å². The molecule has 0 N–H and O–H groups in total. The van der Waals surface area contributed by atoms with Gasteiger partial charge in [0, 0.05) is 0 Å². The molecule has 30 heavy (non-hydrogen) atoms. The van der Waals surface area contributed by atoms with Gasteiger partial charge in [-0.15, -0.1) is 0 Å². The lowest BCUT2D eigenvalue weighted by Crippen LogP contribution is -2.35. The fraction of sp³-hybridized carbons (Fsp3) is 0.923. The van der Waals surface area contributed by atoms with Crippen molar-refractivity contribution in [3.63, 3.8) is 0 Å². The monoisotopic (exact) mass is 426 g/mol. The Kier molecular flexibility index (Phi) is 18.0. The molecule has 0 aliphatic heterocycles. The van der Waals surface area contributed by atoms with E-state index in [0.717, 1.165) is 83.5 Å². The summed E-state index contributed by atoms with van der Waals surface area (Å²) < 4.78 is 11.8. The maximum absolute atomic E-state index is 12.8. The van der Waals surface area contributed by atoms with Gasteiger partial charge in [-0.05, 0) is 44.4 Å². The van der Waals surface area contributed by atoms with Gasteiger partial charge in [-0.1, -0.05) is 86.5 Å². The largest absolute Gasteiger partial charge is 0.462 e. The van der Waals surface area contributed by atoms with E-state index in [4.69, 9.17) is 9.47 Å². The van der Waals surface area contributed by atoms with Crippen molar-refractivity contribution in [2.75, 3.05) is 6.61 Å². The van der Waals surface area contributed by atoms with Gasteiger partial charge in [-0.2, -0.15) is 0 Å². The molecule has 0 aromatic heterocycles. The molecule has 178 valence electrons. The van der Waals surface area contributed by atoms with Gasteiger partial charge in [-0.3, -0.25) is 9.59 Å². The molecule has 0 bridgehead atoms. The molecule has 4 nitrogen and oxygen atoms in total. The summed E-state index contributed by atoms with van der Waals surface area (Å²) in [6.07, 6.45) is 12.4. The Hall–Kier alpha value is -1.06. The number of unbranched alkanes of at least 4 members (excludes halogenated alkanes) is 2. The zero-order valence-electron chi connectivity index (χ0n) is 20.8. The second-order valence-corrected chi connectivity index (χ2v) is 8.82. The third kappa shape index (κ3) is 12.0. The molecule has 4 unspecified atom stereocenters. The molecule has 0 aromatic rings. The van der Waals surface area contributed by atoms with Crippen molar-refractivity contribution in [3.8, 4) is 0 Å². The Morgan fingerprint density at radius 1 is 0.633 bits per heavy atom. The first-order valence-corrected chi connectivity index (χ1v) is 12.9. The molecule has 0 rings (SSSR count). The number of hydrogen-bond acceptors (Lipinski definition) is 4. The molecule has 0 radical (unpaired) electrons. The molecule has 4 atom stereocenters. The minimum absolute atomic E-state index is 0.0324. The van der Waals surface area contributed by atoms with Crippen LogP contribution in [0.2, 0.25) is 0 Å². The van der Waals surface area contributed by atoms with Gasteiger partial charge in [0.2, 0.25) is 0 Å². The van der Waals surface area contributed by atoms with E-state index < -0.39 is 0 Å². The topological polar surface area (TPSA) is 52.6 Å². The Labute approximate surface area is 186 Å². The standard InChI is InChI=1S/C26H50O4/c1-7-13-18-22(16-10-4)24(30-26(28)21(12-6)15-9-3)20-29-25(27)23(17-11-5)19-14-8-2/h21-24H,7-20H2,1-6H3. The predicted molar refractivity (Wildman–Crippen MR) is 125 cm³/mol. The first-order valence-electron chi connectivity index (χ1n) is 12.9. The van der Waals surface area contributed by atoms with E-state index in [-0.39, 0.29) is 42.4 Å². The van der Waals surface area contributed by atoms with Crippen LogP contribution in [0.25, 0.3) is 0 Å². The smallest absolute Gasteiger partial charge is 0.309 e. The molecule has 0 amide bonds. The molecule has 0 fully saturated rings. The normalized spacial score (nSPS) is 15.3. The average Bonchev–Trinajstić information content (AvgIpc) is 2.74. The van der Waals surface area contributed by atoms with Crippen molar-refractivity contribution < 1.29 is 19.1 Å². The first-order chi connectivity index (χ1) is 14.5. The average molecular weight is 427 g/mol. The number of carbonyl (C=O) groups is 2. The van der Waals surface area contributed by atoms with Crippen LogP contribution < -0.4 is 0 Å². The molecule has 4 heteroatoms. The van der Waals surface area contributed by atoms with Crippen LogP contribution in [0.15, 0.2) is 0 Å². The van der Waals surface area contributed by atoms with Crippen LogP contribution in [0.5, 0.6) is 0 Å². The summed E-state index contributed by atoms with van der Waals surface area (Å²) in [5.41, 5.74) is 0. The van der Waals surface area contributed by atoms with E-state index in [1.54, 1.807) is 0 Å². The number of carbonyl (C=O) groups excluding carboxylic acids is 2. The maximum atomic E-state index is 12.8. The highest BCUT2D eigenvalue weighted by Crippen LogP contribution is 2.25. The molecule has 0 spiro atoms. The molecule has 0 aliphatic rings. The SMILES string of the molecule is CCCCC(CCC)C(=O)OCC(OC(=O)C(CC)CCC)C(CCC)CCCC. The van der Waals surface area contributed by atoms with Gasteiger partial charge in [0.1, 0.15) is 12.7 Å². The first kappa shape index (κ1) is 28.9. The quantitative estimate of drug-likeness (QED) is 0.201. The molecule has 0 aliphatic carbocycles. The van der Waals surface area contributed by atoms with Gasteiger partial charge in [0.25, 0.3) is 0 Å². The molecular weight excluding hydrogens is 376 g/mol. The lowest BCUT2D eigenvalue weighted by Gasteiger charge is -2.29. The summed E-state index contributed by atoms with van der Waals surface area (Å²) >= 11 is 0. The van der Waals surface area contributed by atoms with Crippen LogP contribution in [0.3, 0.4) is 0 Å². The van der Waals surface area contributed by atoms with Gasteiger partial charge in [-0.25, -0.2) is 0 Å². The fourth-order valence-corrected chi connectivity index (χ4v) is 4.16. The van der Waals surface area contributed by atoms with Crippen LogP contribution >= 0.6 is 0 Å². The minimum Gasteiger partial charge on any atom is -0.462 e. The summed E-state index contributed by atoms with van der Waals surface area (Å²) in [5.74, 6) is -0.0630. The van der Waals surface area contributed by atoms with E-state index >= 15 is 0 Å². The van der Waals surface area contributed by atoms with Crippen LogP contribution in [0, 0.1) is 17.8 Å². The zero-order valence-corrected chi connectivity index (χ0v) is 20.8. The lowest BCUT2D eigenvalue weighted by molar-refractivity contribution is -0.168. The van der Waals surface area contributed by atoms with E-state index in [1.165, 1.54) is 0 Å². The van der Waals surface area contributed by atoms with Crippen molar-refractivity contribution in [2.24, 2.45) is 17.8 Å². The van der Waals surface area contributed by atoms with Gasteiger partial charge in [0.05, 0.1) is 11.8 Å². The van der Waals surface area contributed by atoms with Crippen molar-refractivity contribution in [3.05, 3.63) is 0 Å². The highest BCUT2D eigenvalue weighted by molar-refractivity contribution is 5.73. The van der Waals surface area contributed by atoms with E-state index in [1.807, 2.05) is 6.92 Å². The number of hydrogen-bond donors (Lipinski definition) is 0. The van der Waals surface area contributed by atoms with E-state index in [0.29, 0.717) is 0 Å². The summed E-state index contributed by atoms with van der Waals surface area (Å²) in [5, 5.41) is 0. The van der Waals surface area contributed by atoms with Crippen molar-refractivity contribution in [1.29, 1.82) is 0 Å². The molecule has 0 aromatic carbocycles. The summed E-state index contributed by atoms with van der Waals surface area (Å²) in [6.45, 7) is 12.9.